The largest absolute Gasteiger partial charge is 0.0616 e. The third-order valence-electron chi connectivity index (χ3n) is 11.4. The molecule has 11 rings (SSSR count). The number of rotatable bonds is 4. The molecule has 11 aromatic carbocycles. The van der Waals surface area contributed by atoms with Crippen molar-refractivity contribution in [2.24, 2.45) is 0 Å². The van der Waals surface area contributed by atoms with Crippen LogP contribution in [0.5, 0.6) is 0 Å². The van der Waals surface area contributed by atoms with E-state index in [0.717, 1.165) is 0 Å². The van der Waals surface area contributed by atoms with Gasteiger partial charge in [0.15, 0.2) is 0 Å². The summed E-state index contributed by atoms with van der Waals surface area (Å²) < 4.78 is 0. The minimum atomic E-state index is 1.22. The molecule has 0 amide bonds. The molecule has 0 saturated carbocycles. The van der Waals surface area contributed by atoms with Crippen LogP contribution in [0.4, 0.5) is 0 Å². The Hall–Kier alpha value is -7.02. The fraction of sp³-hybridized carbons (Fsp3) is 0. The van der Waals surface area contributed by atoms with E-state index in [1.54, 1.807) is 0 Å². The van der Waals surface area contributed by atoms with Crippen molar-refractivity contribution in [3.63, 3.8) is 0 Å². The van der Waals surface area contributed by atoms with Crippen molar-refractivity contribution in [3.8, 4) is 44.5 Å². The van der Waals surface area contributed by atoms with E-state index in [2.05, 4.69) is 206 Å². The second-order valence-corrected chi connectivity index (χ2v) is 14.5. The summed E-state index contributed by atoms with van der Waals surface area (Å²) in [6, 6.07) is 76.2. The van der Waals surface area contributed by atoms with Gasteiger partial charge in [0.05, 0.1) is 0 Å². The Bertz CT molecular complexity index is 3240. The lowest BCUT2D eigenvalue weighted by Gasteiger charge is -2.18. The summed E-state index contributed by atoms with van der Waals surface area (Å²) in [5.74, 6) is 0. The van der Waals surface area contributed by atoms with E-state index in [1.807, 2.05) is 0 Å². The molecule has 0 aliphatic heterocycles. The number of hydrogen-bond acceptors (Lipinski definition) is 0. The van der Waals surface area contributed by atoms with Crippen LogP contribution in [0, 0.1) is 0 Å². The van der Waals surface area contributed by atoms with Gasteiger partial charge >= 0.3 is 0 Å². The van der Waals surface area contributed by atoms with E-state index in [4.69, 9.17) is 0 Å². The number of hydrogen-bond donors (Lipinski definition) is 0. The SMILES string of the molecule is c1ccc2cc(-c3ccc(-c4cc5cc(-c6ccc(-c7ccc8ccccc8c7)cc6)c6c7ccccc7ccc6c5c5ccccc45)cc3)ccc2c1. The van der Waals surface area contributed by atoms with Crippen molar-refractivity contribution < 1.29 is 0 Å². The van der Waals surface area contributed by atoms with E-state index >= 15 is 0 Å². The summed E-state index contributed by atoms with van der Waals surface area (Å²) in [6.07, 6.45) is 0. The molecule has 0 radical (unpaired) electrons. The molecule has 0 aromatic heterocycles. The first-order valence-corrected chi connectivity index (χ1v) is 18.7. The Morgan fingerprint density at radius 3 is 1.22 bits per heavy atom. The van der Waals surface area contributed by atoms with E-state index < -0.39 is 0 Å². The predicted molar refractivity (Wildman–Crippen MR) is 233 cm³/mol. The second kappa shape index (κ2) is 12.3. The van der Waals surface area contributed by atoms with Crippen LogP contribution in [0.1, 0.15) is 0 Å². The Kier molecular flexibility index (Phi) is 6.97. The highest BCUT2D eigenvalue weighted by molar-refractivity contribution is 6.30. The van der Waals surface area contributed by atoms with E-state index in [-0.39, 0.29) is 0 Å². The lowest BCUT2D eigenvalue weighted by Crippen LogP contribution is -1.90. The van der Waals surface area contributed by atoms with Crippen molar-refractivity contribution in [1.82, 2.24) is 0 Å². The average Bonchev–Trinajstić information content (AvgIpc) is 3.25. The Labute approximate surface area is 314 Å². The van der Waals surface area contributed by atoms with Crippen molar-refractivity contribution in [2.75, 3.05) is 0 Å². The van der Waals surface area contributed by atoms with Crippen LogP contribution in [0.25, 0.3) is 109 Å². The maximum absolute atomic E-state index is 2.44. The molecule has 0 aliphatic carbocycles. The quantitative estimate of drug-likeness (QED) is 0.162. The van der Waals surface area contributed by atoms with Gasteiger partial charge < -0.3 is 0 Å². The number of fused-ring (bicyclic) bond motifs is 9. The van der Waals surface area contributed by atoms with Crippen molar-refractivity contribution in [3.05, 3.63) is 206 Å². The first kappa shape index (κ1) is 30.6. The van der Waals surface area contributed by atoms with Crippen LogP contribution < -0.4 is 0 Å². The van der Waals surface area contributed by atoms with Crippen molar-refractivity contribution in [2.45, 2.75) is 0 Å². The standard InChI is InChI=1S/C54H34/c1-3-12-42-31-44(27-21-35(42)9-1)37-17-23-40(24-18-37)51-33-46-34-52(41-25-19-38(20-26-41)45-28-22-36-10-2-4-13-43(36)32-45)54-47-14-6-5-11-39(47)29-30-50(54)53(46)49-16-8-7-15-48(49)51/h1-34H. The molecule has 54 heavy (non-hydrogen) atoms. The van der Waals surface area contributed by atoms with E-state index in [0.29, 0.717) is 0 Å². The third-order valence-corrected chi connectivity index (χ3v) is 11.4. The molecule has 0 saturated heterocycles. The second-order valence-electron chi connectivity index (χ2n) is 14.5. The average molecular weight is 683 g/mol. The van der Waals surface area contributed by atoms with Crippen LogP contribution in [0.2, 0.25) is 0 Å². The number of benzene rings is 11. The van der Waals surface area contributed by atoms with Crippen molar-refractivity contribution in [1.29, 1.82) is 0 Å². The van der Waals surface area contributed by atoms with E-state index in [1.165, 1.54) is 109 Å². The maximum Gasteiger partial charge on any atom is -0.00201 e. The molecule has 11 aromatic rings. The fourth-order valence-electron chi connectivity index (χ4n) is 8.70. The highest BCUT2D eigenvalue weighted by Crippen LogP contribution is 2.44. The molecular weight excluding hydrogens is 649 g/mol. The summed E-state index contributed by atoms with van der Waals surface area (Å²) in [5, 5.41) is 15.3. The van der Waals surface area contributed by atoms with Gasteiger partial charge in [0.1, 0.15) is 0 Å². The summed E-state index contributed by atoms with van der Waals surface area (Å²) in [5.41, 5.74) is 9.86. The summed E-state index contributed by atoms with van der Waals surface area (Å²) in [6.45, 7) is 0. The monoisotopic (exact) mass is 682 g/mol. The highest BCUT2D eigenvalue weighted by Gasteiger charge is 2.17. The molecule has 0 nitrogen and oxygen atoms in total. The zero-order chi connectivity index (χ0) is 35.6. The third kappa shape index (κ3) is 4.99. The molecule has 0 bridgehead atoms. The molecule has 0 heterocycles. The summed E-state index contributed by atoms with van der Waals surface area (Å²) >= 11 is 0. The molecule has 0 N–H and O–H groups in total. The van der Waals surface area contributed by atoms with Crippen LogP contribution in [0.3, 0.4) is 0 Å². The van der Waals surface area contributed by atoms with Crippen molar-refractivity contribution >= 4 is 64.6 Å². The van der Waals surface area contributed by atoms with Gasteiger partial charge in [-0.2, -0.15) is 0 Å². The normalized spacial score (nSPS) is 11.7. The zero-order valence-electron chi connectivity index (χ0n) is 29.6. The maximum atomic E-state index is 2.44. The van der Waals surface area contributed by atoms with Gasteiger partial charge in [-0.25, -0.2) is 0 Å². The summed E-state index contributed by atoms with van der Waals surface area (Å²) in [7, 11) is 0. The van der Waals surface area contributed by atoms with Gasteiger partial charge in [0.2, 0.25) is 0 Å². The van der Waals surface area contributed by atoms with Gasteiger partial charge in [-0.05, 0) is 133 Å². The van der Waals surface area contributed by atoms with Crippen LogP contribution in [-0.4, -0.2) is 0 Å². The molecule has 0 fully saturated rings. The molecule has 0 aliphatic rings. The lowest BCUT2D eigenvalue weighted by molar-refractivity contribution is 1.62. The molecule has 0 unspecified atom stereocenters. The van der Waals surface area contributed by atoms with Crippen LogP contribution >= 0.6 is 0 Å². The van der Waals surface area contributed by atoms with Gasteiger partial charge in [-0.1, -0.05) is 182 Å². The van der Waals surface area contributed by atoms with Gasteiger partial charge in [0.25, 0.3) is 0 Å². The smallest absolute Gasteiger partial charge is 0.00201 e. The molecule has 0 heteroatoms. The minimum absolute atomic E-state index is 1.22. The first-order chi connectivity index (χ1) is 26.7. The molecular formula is C54H34. The Morgan fingerprint density at radius 1 is 0.185 bits per heavy atom. The molecule has 0 atom stereocenters. The molecule has 0 spiro atoms. The van der Waals surface area contributed by atoms with Gasteiger partial charge in [0, 0.05) is 0 Å². The predicted octanol–water partition coefficient (Wildman–Crippen LogP) is 15.3. The lowest BCUT2D eigenvalue weighted by atomic mass is 9.85. The minimum Gasteiger partial charge on any atom is -0.0616 e. The van der Waals surface area contributed by atoms with Crippen LogP contribution in [0.15, 0.2) is 206 Å². The van der Waals surface area contributed by atoms with Gasteiger partial charge in [-0.15, -0.1) is 0 Å². The topological polar surface area (TPSA) is 0 Å². The molecule has 250 valence electrons. The summed E-state index contributed by atoms with van der Waals surface area (Å²) in [4.78, 5) is 0. The Balaban J connectivity index is 1.10. The first-order valence-electron chi connectivity index (χ1n) is 18.7. The van der Waals surface area contributed by atoms with Crippen LogP contribution in [-0.2, 0) is 0 Å². The van der Waals surface area contributed by atoms with Gasteiger partial charge in [-0.3, -0.25) is 0 Å². The Morgan fingerprint density at radius 2 is 0.611 bits per heavy atom. The highest BCUT2D eigenvalue weighted by atomic mass is 14.2. The fourth-order valence-corrected chi connectivity index (χ4v) is 8.70. The zero-order valence-corrected chi connectivity index (χ0v) is 29.6. The van der Waals surface area contributed by atoms with E-state index in [9.17, 15) is 0 Å².